The molecule has 12 heavy (non-hydrogen) atoms. The molecule has 0 aromatic heterocycles. The van der Waals surface area contributed by atoms with Crippen LogP contribution in [0.4, 0.5) is 0 Å². The fourth-order valence-corrected chi connectivity index (χ4v) is 0.942. The molecular weight excluding hydrogens is 218 g/mol. The van der Waals surface area contributed by atoms with Crippen molar-refractivity contribution in [2.24, 2.45) is 5.92 Å². The van der Waals surface area contributed by atoms with Gasteiger partial charge in [-0.15, -0.1) is 0 Å². The first-order chi connectivity index (χ1) is 5.57. The zero-order chi connectivity index (χ0) is 9.56. The monoisotopic (exact) mass is 235 g/mol. The van der Waals surface area contributed by atoms with Gasteiger partial charge in [-0.1, -0.05) is 36.7 Å². The number of carbonyl (C=O) groups is 1. The fraction of sp³-hybridized carbons (Fsp3) is 0.889. The van der Waals surface area contributed by atoms with Crippen molar-refractivity contribution >= 4 is 21.8 Å². The van der Waals surface area contributed by atoms with E-state index in [1.807, 2.05) is 6.92 Å². The zero-order valence-corrected chi connectivity index (χ0v) is 9.65. The van der Waals surface area contributed by atoms with Gasteiger partial charge in [0, 0.05) is 6.54 Å². The van der Waals surface area contributed by atoms with E-state index < -0.39 is 0 Å². The molecule has 72 valence electrons. The van der Waals surface area contributed by atoms with Crippen molar-refractivity contribution < 1.29 is 4.79 Å². The normalized spacial score (nSPS) is 13.1. The molecule has 0 aromatic carbocycles. The smallest absolute Gasteiger partial charge is 0.233 e. The van der Waals surface area contributed by atoms with E-state index in [1.165, 1.54) is 0 Å². The van der Waals surface area contributed by atoms with Gasteiger partial charge < -0.3 is 5.32 Å². The molecule has 0 saturated carbocycles. The molecule has 0 aliphatic heterocycles. The molecule has 0 heterocycles. The summed E-state index contributed by atoms with van der Waals surface area (Å²) in [6.45, 7) is 7.08. The van der Waals surface area contributed by atoms with E-state index in [0.717, 1.165) is 19.4 Å². The quantitative estimate of drug-likeness (QED) is 0.729. The molecular formula is C9H18BrNO. The van der Waals surface area contributed by atoms with Gasteiger partial charge in [0.1, 0.15) is 0 Å². The second-order valence-electron chi connectivity index (χ2n) is 3.35. The summed E-state index contributed by atoms with van der Waals surface area (Å²) in [6.07, 6.45) is 1.89. The van der Waals surface area contributed by atoms with Crippen molar-refractivity contribution in [2.45, 2.75) is 38.4 Å². The van der Waals surface area contributed by atoms with Gasteiger partial charge in [0.05, 0.1) is 4.83 Å². The van der Waals surface area contributed by atoms with Crippen LogP contribution in [-0.2, 0) is 4.79 Å². The van der Waals surface area contributed by atoms with Gasteiger partial charge in [-0.05, 0) is 18.8 Å². The van der Waals surface area contributed by atoms with Crippen LogP contribution in [0, 0.1) is 5.92 Å². The summed E-state index contributed by atoms with van der Waals surface area (Å²) < 4.78 is 0. The van der Waals surface area contributed by atoms with Crippen molar-refractivity contribution in [1.29, 1.82) is 0 Å². The van der Waals surface area contributed by atoms with Gasteiger partial charge in [-0.25, -0.2) is 0 Å². The van der Waals surface area contributed by atoms with E-state index >= 15 is 0 Å². The Morgan fingerprint density at radius 1 is 1.50 bits per heavy atom. The molecule has 0 rings (SSSR count). The summed E-state index contributed by atoms with van der Waals surface area (Å²) in [5, 5.41) is 2.88. The van der Waals surface area contributed by atoms with Gasteiger partial charge >= 0.3 is 0 Å². The first-order valence-electron chi connectivity index (χ1n) is 4.49. The molecule has 1 N–H and O–H groups in total. The van der Waals surface area contributed by atoms with Gasteiger partial charge in [-0.3, -0.25) is 4.79 Å². The van der Waals surface area contributed by atoms with Crippen LogP contribution in [0.3, 0.4) is 0 Å². The zero-order valence-electron chi connectivity index (χ0n) is 8.06. The molecule has 0 spiro atoms. The topological polar surface area (TPSA) is 29.1 Å². The number of halogens is 1. The third-order valence-electron chi connectivity index (χ3n) is 1.66. The van der Waals surface area contributed by atoms with Gasteiger partial charge in [-0.2, -0.15) is 0 Å². The molecule has 0 bridgehead atoms. The molecule has 2 nitrogen and oxygen atoms in total. The average Bonchev–Trinajstić information content (AvgIpc) is 2.02. The Morgan fingerprint density at radius 3 is 2.50 bits per heavy atom. The lowest BCUT2D eigenvalue weighted by Gasteiger charge is -2.09. The van der Waals surface area contributed by atoms with Crippen molar-refractivity contribution in [3.05, 3.63) is 0 Å². The third-order valence-corrected chi connectivity index (χ3v) is 2.73. The number of amides is 1. The highest BCUT2D eigenvalue weighted by Crippen LogP contribution is 2.04. The summed E-state index contributed by atoms with van der Waals surface area (Å²) in [4.78, 5) is 11.2. The summed E-state index contributed by atoms with van der Waals surface area (Å²) >= 11 is 3.30. The van der Waals surface area contributed by atoms with Crippen molar-refractivity contribution in [3.63, 3.8) is 0 Å². The molecule has 1 atom stereocenters. The van der Waals surface area contributed by atoms with E-state index in [-0.39, 0.29) is 10.7 Å². The molecule has 0 aliphatic carbocycles. The summed E-state index contributed by atoms with van der Waals surface area (Å²) in [6, 6.07) is 0. The Bertz CT molecular complexity index is 136. The molecule has 0 aliphatic rings. The van der Waals surface area contributed by atoms with E-state index in [9.17, 15) is 4.79 Å². The minimum Gasteiger partial charge on any atom is -0.355 e. The minimum atomic E-state index is -0.0235. The van der Waals surface area contributed by atoms with Crippen LogP contribution in [-0.4, -0.2) is 17.3 Å². The van der Waals surface area contributed by atoms with Gasteiger partial charge in [0.25, 0.3) is 0 Å². The number of nitrogens with one attached hydrogen (secondary N) is 1. The lowest BCUT2D eigenvalue weighted by atomic mass is 10.1. The highest BCUT2D eigenvalue weighted by molar-refractivity contribution is 9.10. The Hall–Kier alpha value is -0.0500. The van der Waals surface area contributed by atoms with Crippen LogP contribution in [0.5, 0.6) is 0 Å². The van der Waals surface area contributed by atoms with E-state index in [4.69, 9.17) is 0 Å². The molecule has 0 fully saturated rings. The number of hydrogen-bond donors (Lipinski definition) is 1. The highest BCUT2D eigenvalue weighted by atomic mass is 79.9. The highest BCUT2D eigenvalue weighted by Gasteiger charge is 2.10. The van der Waals surface area contributed by atoms with Crippen LogP contribution in [0.25, 0.3) is 0 Å². The number of hydrogen-bond acceptors (Lipinski definition) is 1. The Kier molecular flexibility index (Phi) is 6.44. The van der Waals surface area contributed by atoms with Crippen LogP contribution < -0.4 is 5.32 Å². The van der Waals surface area contributed by atoms with Crippen molar-refractivity contribution in [2.75, 3.05) is 6.54 Å². The van der Waals surface area contributed by atoms with Crippen LogP contribution in [0.2, 0.25) is 0 Å². The Balaban J connectivity index is 3.44. The Morgan fingerprint density at radius 2 is 2.08 bits per heavy atom. The van der Waals surface area contributed by atoms with E-state index in [1.54, 1.807) is 0 Å². The predicted molar refractivity (Wildman–Crippen MR) is 55.5 cm³/mol. The van der Waals surface area contributed by atoms with Gasteiger partial charge in [0.2, 0.25) is 5.91 Å². The molecule has 3 heteroatoms. The van der Waals surface area contributed by atoms with Gasteiger partial charge in [0.15, 0.2) is 0 Å². The molecule has 0 radical (unpaired) electrons. The Labute approximate surface area is 83.2 Å². The van der Waals surface area contributed by atoms with Crippen molar-refractivity contribution in [1.82, 2.24) is 5.32 Å². The minimum absolute atomic E-state index is 0.0235. The number of carbonyl (C=O) groups excluding carboxylic acids is 1. The van der Waals surface area contributed by atoms with Crippen LogP contribution in [0.1, 0.15) is 33.6 Å². The molecule has 0 aromatic rings. The summed E-state index contributed by atoms with van der Waals surface area (Å²) in [7, 11) is 0. The predicted octanol–water partition coefficient (Wildman–Crippen LogP) is 2.32. The first kappa shape index (κ1) is 11.9. The molecule has 1 unspecified atom stereocenters. The second kappa shape index (κ2) is 6.46. The van der Waals surface area contributed by atoms with Crippen LogP contribution >= 0.6 is 15.9 Å². The largest absolute Gasteiger partial charge is 0.355 e. The molecule has 0 saturated heterocycles. The third kappa shape index (κ3) is 5.58. The first-order valence-corrected chi connectivity index (χ1v) is 5.41. The van der Waals surface area contributed by atoms with E-state index in [2.05, 4.69) is 35.1 Å². The maximum absolute atomic E-state index is 11.2. The maximum Gasteiger partial charge on any atom is 0.233 e. The van der Waals surface area contributed by atoms with E-state index in [0.29, 0.717) is 5.92 Å². The standard InChI is InChI=1S/C9H18BrNO/c1-4-8(10)9(12)11-6-5-7(2)3/h7-8H,4-6H2,1-3H3,(H,11,12). The van der Waals surface area contributed by atoms with Crippen LogP contribution in [0.15, 0.2) is 0 Å². The SMILES string of the molecule is CCC(Br)C(=O)NCCC(C)C. The molecule has 1 amide bonds. The van der Waals surface area contributed by atoms with Crippen molar-refractivity contribution in [3.8, 4) is 0 Å². The number of rotatable bonds is 5. The fourth-order valence-electron chi connectivity index (χ4n) is 0.780. The maximum atomic E-state index is 11.2. The summed E-state index contributed by atoms with van der Waals surface area (Å²) in [5.41, 5.74) is 0. The number of alkyl halides is 1. The average molecular weight is 236 g/mol. The lowest BCUT2D eigenvalue weighted by Crippen LogP contribution is -2.31. The second-order valence-corrected chi connectivity index (χ2v) is 4.45. The summed E-state index contributed by atoms with van der Waals surface area (Å²) in [5.74, 6) is 0.763. The lowest BCUT2D eigenvalue weighted by molar-refractivity contribution is -0.120.